The molecule has 1 aliphatic heterocycles. The van der Waals surface area contributed by atoms with Gasteiger partial charge in [-0.05, 0) is 34.1 Å². The smallest absolute Gasteiger partial charge is 0.407 e. The van der Waals surface area contributed by atoms with E-state index in [2.05, 4.69) is 22.1 Å². The molecule has 1 aliphatic rings. The molecule has 0 saturated carbocycles. The molecule has 1 aromatic rings. The molecular formula is C14H23N3O2S. The van der Waals surface area contributed by atoms with E-state index >= 15 is 0 Å². The van der Waals surface area contributed by atoms with Gasteiger partial charge in [-0.3, -0.25) is 4.90 Å². The Labute approximate surface area is 124 Å². The van der Waals surface area contributed by atoms with Gasteiger partial charge >= 0.3 is 6.09 Å². The lowest BCUT2D eigenvalue weighted by molar-refractivity contribution is 0.0504. The monoisotopic (exact) mass is 297 g/mol. The van der Waals surface area contributed by atoms with Gasteiger partial charge in [0, 0.05) is 30.7 Å². The van der Waals surface area contributed by atoms with Gasteiger partial charge in [0.15, 0.2) is 0 Å². The Morgan fingerprint density at radius 3 is 2.95 bits per heavy atom. The predicted molar refractivity (Wildman–Crippen MR) is 79.9 cm³/mol. The highest BCUT2D eigenvalue weighted by atomic mass is 32.1. The van der Waals surface area contributed by atoms with Crippen molar-refractivity contribution in [1.82, 2.24) is 15.2 Å². The first-order valence-electron chi connectivity index (χ1n) is 6.98. The summed E-state index contributed by atoms with van der Waals surface area (Å²) in [6.07, 6.45) is 2.46. The lowest BCUT2D eigenvalue weighted by Gasteiger charge is -2.24. The highest BCUT2D eigenvalue weighted by molar-refractivity contribution is 7.09. The number of ether oxygens (including phenoxy) is 1. The van der Waals surface area contributed by atoms with Gasteiger partial charge in [0.2, 0.25) is 0 Å². The average Bonchev–Trinajstić information content (AvgIpc) is 2.95. The zero-order valence-electron chi connectivity index (χ0n) is 12.5. The molecule has 112 valence electrons. The van der Waals surface area contributed by atoms with E-state index < -0.39 is 5.60 Å². The Bertz CT molecular complexity index is 442. The van der Waals surface area contributed by atoms with Crippen LogP contribution >= 0.6 is 11.3 Å². The Morgan fingerprint density at radius 2 is 2.35 bits per heavy atom. The number of rotatable bonds is 3. The lowest BCUT2D eigenvalue weighted by atomic mass is 10.2. The summed E-state index contributed by atoms with van der Waals surface area (Å²) in [6, 6.07) is 0.465. The van der Waals surface area contributed by atoms with Crippen LogP contribution in [0.1, 0.15) is 45.2 Å². The molecule has 20 heavy (non-hydrogen) atoms. The molecule has 1 amide bonds. The first-order valence-corrected chi connectivity index (χ1v) is 7.86. The van der Waals surface area contributed by atoms with E-state index in [1.807, 2.05) is 32.3 Å². The third-order valence-corrected chi connectivity index (χ3v) is 4.24. The summed E-state index contributed by atoms with van der Waals surface area (Å²) < 4.78 is 5.29. The number of nitrogens with one attached hydrogen (secondary N) is 1. The maximum atomic E-state index is 11.8. The van der Waals surface area contributed by atoms with Crippen LogP contribution in [0.3, 0.4) is 0 Å². The molecule has 1 N–H and O–H groups in total. The van der Waals surface area contributed by atoms with E-state index in [1.54, 1.807) is 11.3 Å². The van der Waals surface area contributed by atoms with E-state index in [9.17, 15) is 4.79 Å². The number of aromatic nitrogens is 1. The zero-order valence-corrected chi connectivity index (χ0v) is 13.4. The van der Waals surface area contributed by atoms with Crippen molar-refractivity contribution in [3.63, 3.8) is 0 Å². The zero-order chi connectivity index (χ0) is 14.8. The highest BCUT2D eigenvalue weighted by Gasteiger charge is 2.29. The van der Waals surface area contributed by atoms with Crippen molar-refractivity contribution in [3.8, 4) is 0 Å². The maximum absolute atomic E-state index is 11.8. The molecule has 0 spiro atoms. The highest BCUT2D eigenvalue weighted by Crippen LogP contribution is 2.26. The first kappa shape index (κ1) is 15.3. The molecule has 6 heteroatoms. The fourth-order valence-corrected chi connectivity index (χ4v) is 3.06. The molecular weight excluding hydrogens is 274 g/mol. The fraction of sp³-hybridized carbons (Fsp3) is 0.714. The number of carbonyl (C=O) groups excluding carboxylic acids is 1. The van der Waals surface area contributed by atoms with Crippen LogP contribution in [0.25, 0.3) is 0 Å². The Balaban J connectivity index is 1.82. The van der Waals surface area contributed by atoms with Crippen LogP contribution in [0.5, 0.6) is 0 Å². The second kappa shape index (κ2) is 6.10. The minimum atomic E-state index is -0.448. The number of likely N-dealkylation sites (tertiary alicyclic amines) is 1. The normalized spacial score (nSPS) is 21.7. The molecule has 1 saturated heterocycles. The van der Waals surface area contributed by atoms with Crippen LogP contribution in [0, 0.1) is 0 Å². The van der Waals surface area contributed by atoms with Crippen LogP contribution in [0.4, 0.5) is 4.79 Å². The van der Waals surface area contributed by atoms with Crippen molar-refractivity contribution in [2.45, 2.75) is 51.8 Å². The van der Waals surface area contributed by atoms with Crippen LogP contribution in [0.2, 0.25) is 0 Å². The second-order valence-electron chi connectivity index (χ2n) is 6.17. The third kappa shape index (κ3) is 4.18. The van der Waals surface area contributed by atoms with E-state index in [0.717, 1.165) is 24.5 Å². The summed E-state index contributed by atoms with van der Waals surface area (Å²) in [7, 11) is 0. The van der Waals surface area contributed by atoms with Gasteiger partial charge in [-0.2, -0.15) is 0 Å². The fourth-order valence-electron chi connectivity index (χ4n) is 2.33. The molecule has 0 radical (unpaired) electrons. The number of hydrogen-bond acceptors (Lipinski definition) is 5. The number of hydrogen-bond donors (Lipinski definition) is 1. The molecule has 1 fully saturated rings. The van der Waals surface area contributed by atoms with Crippen molar-refractivity contribution >= 4 is 17.4 Å². The molecule has 2 heterocycles. The quantitative estimate of drug-likeness (QED) is 0.932. The molecule has 2 atom stereocenters. The van der Waals surface area contributed by atoms with Gasteiger partial charge in [-0.25, -0.2) is 9.78 Å². The lowest BCUT2D eigenvalue weighted by Crippen LogP contribution is -2.40. The van der Waals surface area contributed by atoms with Crippen molar-refractivity contribution < 1.29 is 9.53 Å². The summed E-state index contributed by atoms with van der Waals surface area (Å²) in [5, 5.41) is 6.07. The van der Waals surface area contributed by atoms with Crippen LogP contribution in [0.15, 0.2) is 11.6 Å². The summed E-state index contributed by atoms with van der Waals surface area (Å²) in [5.74, 6) is 0. The van der Waals surface area contributed by atoms with E-state index in [-0.39, 0.29) is 12.1 Å². The summed E-state index contributed by atoms with van der Waals surface area (Å²) in [6.45, 7) is 9.60. The van der Waals surface area contributed by atoms with Crippen molar-refractivity contribution in [3.05, 3.63) is 16.6 Å². The maximum Gasteiger partial charge on any atom is 0.407 e. The minimum absolute atomic E-state index is 0.160. The Morgan fingerprint density at radius 1 is 1.60 bits per heavy atom. The van der Waals surface area contributed by atoms with Crippen LogP contribution in [-0.4, -0.2) is 40.7 Å². The molecule has 0 aromatic carbocycles. The summed E-state index contributed by atoms with van der Waals surface area (Å²) >= 11 is 1.68. The van der Waals surface area contributed by atoms with Gasteiger partial charge in [0.25, 0.3) is 0 Å². The second-order valence-corrected chi connectivity index (χ2v) is 7.10. The molecule has 5 nitrogen and oxygen atoms in total. The number of thiazole rings is 1. The van der Waals surface area contributed by atoms with Gasteiger partial charge in [-0.1, -0.05) is 0 Å². The number of nitrogens with zero attached hydrogens (tertiary/aromatic N) is 2. The van der Waals surface area contributed by atoms with Gasteiger partial charge in [0.1, 0.15) is 10.6 Å². The molecule has 0 bridgehead atoms. The van der Waals surface area contributed by atoms with Gasteiger partial charge in [0.05, 0.1) is 6.04 Å². The Kier molecular flexibility index (Phi) is 4.65. The number of carbonyl (C=O) groups is 1. The largest absolute Gasteiger partial charge is 0.444 e. The average molecular weight is 297 g/mol. The topological polar surface area (TPSA) is 54.5 Å². The number of amides is 1. The van der Waals surface area contributed by atoms with Crippen LogP contribution in [-0.2, 0) is 4.74 Å². The molecule has 1 unspecified atom stereocenters. The summed E-state index contributed by atoms with van der Waals surface area (Å²) in [4.78, 5) is 18.5. The van der Waals surface area contributed by atoms with E-state index in [1.165, 1.54) is 0 Å². The minimum Gasteiger partial charge on any atom is -0.444 e. The molecule has 0 aliphatic carbocycles. The van der Waals surface area contributed by atoms with Gasteiger partial charge in [-0.15, -0.1) is 11.3 Å². The van der Waals surface area contributed by atoms with E-state index in [0.29, 0.717) is 6.04 Å². The van der Waals surface area contributed by atoms with Crippen molar-refractivity contribution in [1.29, 1.82) is 0 Å². The van der Waals surface area contributed by atoms with Crippen LogP contribution < -0.4 is 5.32 Å². The van der Waals surface area contributed by atoms with Crippen molar-refractivity contribution in [2.24, 2.45) is 0 Å². The van der Waals surface area contributed by atoms with E-state index in [4.69, 9.17) is 4.74 Å². The van der Waals surface area contributed by atoms with Gasteiger partial charge < -0.3 is 10.1 Å². The number of alkyl carbamates (subject to hydrolysis) is 1. The Hall–Kier alpha value is -1.14. The summed E-state index contributed by atoms with van der Waals surface area (Å²) in [5.41, 5.74) is -0.448. The SMILES string of the molecule is CC(c1nccs1)N1CC[C@H](NC(=O)OC(C)(C)C)C1. The molecule has 1 aromatic heterocycles. The standard InChI is InChI=1S/C14H23N3O2S/c1-10(12-15-6-8-20-12)17-7-5-11(9-17)16-13(18)19-14(2,3)4/h6,8,10-11H,5,7,9H2,1-4H3,(H,16,18)/t10?,11-/m0/s1. The molecule has 2 rings (SSSR count). The third-order valence-electron chi connectivity index (χ3n) is 3.30. The predicted octanol–water partition coefficient (Wildman–Crippen LogP) is 2.80. The van der Waals surface area contributed by atoms with Crippen molar-refractivity contribution in [2.75, 3.05) is 13.1 Å². The first-order chi connectivity index (χ1) is 9.35.